The van der Waals surface area contributed by atoms with E-state index in [0.717, 1.165) is 62.5 Å². The van der Waals surface area contributed by atoms with Crippen molar-refractivity contribution in [1.29, 1.82) is 0 Å². The largest absolute Gasteiger partial charge is 0.352 e. The van der Waals surface area contributed by atoms with Crippen LogP contribution in [0.15, 0.2) is 37.1 Å². The summed E-state index contributed by atoms with van der Waals surface area (Å²) in [5.74, 6) is 0.234. The summed E-state index contributed by atoms with van der Waals surface area (Å²) in [4.78, 5) is 24.1. The number of aromatic nitrogens is 5. The summed E-state index contributed by atoms with van der Waals surface area (Å²) in [7, 11) is 1.88. The molecule has 170 valence electrons. The number of rotatable bonds is 8. The quantitative estimate of drug-likeness (QED) is 0.527. The lowest BCUT2D eigenvalue weighted by molar-refractivity contribution is 0.0949. The average Bonchev–Trinajstić information content (AvgIpc) is 3.41. The van der Waals surface area contributed by atoms with E-state index in [2.05, 4.69) is 20.3 Å². The van der Waals surface area contributed by atoms with Gasteiger partial charge in [-0.05, 0) is 51.4 Å². The number of hydrogen-bond acceptors (Lipinski definition) is 5. The van der Waals surface area contributed by atoms with Gasteiger partial charge in [0.25, 0.3) is 5.91 Å². The highest BCUT2D eigenvalue weighted by atomic mass is 35.5. The number of carbonyl (C=O) groups excluding carboxylic acids is 1. The van der Waals surface area contributed by atoms with Crippen LogP contribution in [0.2, 0.25) is 5.02 Å². The zero-order valence-electron chi connectivity index (χ0n) is 18.7. The monoisotopic (exact) mass is 455 g/mol. The van der Waals surface area contributed by atoms with Crippen molar-refractivity contribution >= 4 is 17.5 Å². The molecule has 3 aromatic rings. The van der Waals surface area contributed by atoms with Gasteiger partial charge in [0, 0.05) is 56.9 Å². The Balaban J connectivity index is 1.34. The molecule has 1 saturated heterocycles. The molecule has 0 radical (unpaired) electrons. The Morgan fingerprint density at radius 1 is 1.28 bits per heavy atom. The van der Waals surface area contributed by atoms with Crippen LogP contribution < -0.4 is 5.32 Å². The van der Waals surface area contributed by atoms with E-state index in [9.17, 15) is 4.79 Å². The van der Waals surface area contributed by atoms with Gasteiger partial charge in [-0.3, -0.25) is 19.4 Å². The summed E-state index contributed by atoms with van der Waals surface area (Å²) in [5.41, 5.74) is 3.48. The topological polar surface area (TPSA) is 80.9 Å². The molecule has 32 heavy (non-hydrogen) atoms. The molecule has 1 aliphatic rings. The van der Waals surface area contributed by atoms with Crippen molar-refractivity contribution < 1.29 is 4.79 Å². The van der Waals surface area contributed by atoms with Gasteiger partial charge in [-0.1, -0.05) is 11.6 Å². The number of nitrogens with one attached hydrogen (secondary N) is 1. The third-order valence-corrected chi connectivity index (χ3v) is 6.26. The van der Waals surface area contributed by atoms with Crippen LogP contribution in [0.3, 0.4) is 0 Å². The molecule has 1 N–H and O–H groups in total. The highest BCUT2D eigenvalue weighted by Crippen LogP contribution is 2.30. The highest BCUT2D eigenvalue weighted by Gasteiger charge is 2.26. The number of amides is 1. The number of likely N-dealkylation sites (tertiary alicyclic amines) is 1. The number of halogens is 1. The highest BCUT2D eigenvalue weighted by molar-refractivity contribution is 6.31. The third kappa shape index (κ3) is 5.55. The van der Waals surface area contributed by atoms with Crippen molar-refractivity contribution in [3.8, 4) is 0 Å². The molecule has 1 amide bonds. The number of imidazole rings is 1. The summed E-state index contributed by atoms with van der Waals surface area (Å²) < 4.78 is 3.76. The lowest BCUT2D eigenvalue weighted by Gasteiger charge is -2.32. The van der Waals surface area contributed by atoms with Crippen molar-refractivity contribution in [1.82, 2.24) is 34.5 Å². The Morgan fingerprint density at radius 2 is 2.09 bits per heavy atom. The molecule has 0 aliphatic carbocycles. The van der Waals surface area contributed by atoms with Crippen molar-refractivity contribution in [2.24, 2.45) is 7.05 Å². The standard InChI is InChI=1S/C23H30ClN7O/c1-17-4-5-19(23(32)26-8-3-10-31-13-9-25-16-31)22(27-17)18-6-11-30(12-7-18)15-21-20(24)14-29(2)28-21/h4-5,9,13-14,16,18H,3,6-8,10-12,15H2,1-2H3,(H,26,32). The average molecular weight is 456 g/mol. The molecule has 4 heterocycles. The molecular formula is C23H30ClN7O. The van der Waals surface area contributed by atoms with Crippen molar-refractivity contribution in [3.63, 3.8) is 0 Å². The second kappa shape index (κ2) is 10.3. The molecule has 1 fully saturated rings. The Hall–Kier alpha value is -2.71. The number of hydrogen-bond donors (Lipinski definition) is 1. The molecule has 0 spiro atoms. The van der Waals surface area contributed by atoms with E-state index in [1.165, 1.54) is 0 Å². The van der Waals surface area contributed by atoms with Crippen LogP contribution in [0.5, 0.6) is 0 Å². The number of nitrogens with zero attached hydrogens (tertiary/aromatic N) is 6. The molecule has 0 aromatic carbocycles. The molecule has 1 aliphatic heterocycles. The molecule has 0 atom stereocenters. The van der Waals surface area contributed by atoms with Gasteiger partial charge >= 0.3 is 0 Å². The molecular weight excluding hydrogens is 426 g/mol. The maximum atomic E-state index is 12.9. The van der Waals surface area contributed by atoms with E-state index in [1.807, 2.05) is 43.1 Å². The summed E-state index contributed by atoms with van der Waals surface area (Å²) in [6.45, 7) is 6.04. The number of aryl methyl sites for hydroxylation is 3. The van der Waals surface area contributed by atoms with Gasteiger partial charge in [-0.15, -0.1) is 0 Å². The van der Waals surface area contributed by atoms with Gasteiger partial charge in [0.1, 0.15) is 0 Å². The summed E-state index contributed by atoms with van der Waals surface area (Å²) in [6.07, 6.45) is 10.1. The number of piperidine rings is 1. The minimum Gasteiger partial charge on any atom is -0.352 e. The maximum Gasteiger partial charge on any atom is 0.253 e. The van der Waals surface area contributed by atoms with Crippen molar-refractivity contribution in [2.45, 2.75) is 45.2 Å². The fourth-order valence-electron chi connectivity index (χ4n) is 4.25. The van der Waals surface area contributed by atoms with Gasteiger partial charge in [0.05, 0.1) is 28.3 Å². The maximum absolute atomic E-state index is 12.9. The number of carbonyl (C=O) groups is 1. The lowest BCUT2D eigenvalue weighted by atomic mass is 9.89. The predicted molar refractivity (Wildman–Crippen MR) is 124 cm³/mol. The van der Waals surface area contributed by atoms with Crippen LogP contribution in [-0.4, -0.2) is 54.8 Å². The van der Waals surface area contributed by atoms with Crippen LogP contribution >= 0.6 is 11.6 Å². The smallest absolute Gasteiger partial charge is 0.253 e. The first kappa shape index (κ1) is 22.5. The fraction of sp³-hybridized carbons (Fsp3) is 0.478. The van der Waals surface area contributed by atoms with Crippen LogP contribution in [-0.2, 0) is 20.1 Å². The van der Waals surface area contributed by atoms with Crippen LogP contribution in [0.1, 0.15) is 52.6 Å². The zero-order valence-corrected chi connectivity index (χ0v) is 19.4. The second-order valence-corrected chi connectivity index (χ2v) is 8.85. The van der Waals surface area contributed by atoms with Crippen molar-refractivity contribution in [3.05, 3.63) is 64.7 Å². The van der Waals surface area contributed by atoms with Gasteiger partial charge in [-0.25, -0.2) is 4.98 Å². The van der Waals surface area contributed by atoms with E-state index in [4.69, 9.17) is 16.6 Å². The lowest BCUT2D eigenvalue weighted by Crippen LogP contribution is -2.34. The minimum atomic E-state index is -0.0409. The summed E-state index contributed by atoms with van der Waals surface area (Å²) in [5, 5.41) is 8.23. The molecule has 8 nitrogen and oxygen atoms in total. The molecule has 3 aromatic heterocycles. The van der Waals surface area contributed by atoms with Crippen LogP contribution in [0.4, 0.5) is 0 Å². The molecule has 0 saturated carbocycles. The normalized spacial score (nSPS) is 15.2. The van der Waals surface area contributed by atoms with Gasteiger partial charge in [-0.2, -0.15) is 5.10 Å². The summed E-state index contributed by atoms with van der Waals surface area (Å²) in [6, 6.07) is 3.84. The first-order chi connectivity index (χ1) is 15.5. The number of pyridine rings is 1. The van der Waals surface area contributed by atoms with Crippen molar-refractivity contribution in [2.75, 3.05) is 19.6 Å². The fourth-order valence-corrected chi connectivity index (χ4v) is 4.49. The van der Waals surface area contributed by atoms with Crippen LogP contribution in [0, 0.1) is 6.92 Å². The van der Waals surface area contributed by atoms with Gasteiger partial charge in [0.2, 0.25) is 0 Å². The Labute approximate surface area is 193 Å². The molecule has 0 unspecified atom stereocenters. The summed E-state index contributed by atoms with van der Waals surface area (Å²) >= 11 is 6.27. The third-order valence-electron chi connectivity index (χ3n) is 5.95. The zero-order chi connectivity index (χ0) is 22.5. The SMILES string of the molecule is Cc1ccc(C(=O)NCCCn2ccnc2)c(C2CCN(Cc3nn(C)cc3Cl)CC2)n1. The Bertz CT molecular complexity index is 1040. The molecule has 4 rings (SSSR count). The van der Waals surface area contributed by atoms with E-state index < -0.39 is 0 Å². The molecule has 9 heteroatoms. The van der Waals surface area contributed by atoms with Gasteiger partial charge in [0.15, 0.2) is 0 Å². The van der Waals surface area contributed by atoms with E-state index >= 15 is 0 Å². The Kier molecular flexibility index (Phi) is 7.22. The van der Waals surface area contributed by atoms with E-state index in [0.29, 0.717) is 17.1 Å². The van der Waals surface area contributed by atoms with Gasteiger partial charge < -0.3 is 9.88 Å². The minimum absolute atomic E-state index is 0.0409. The Morgan fingerprint density at radius 3 is 2.78 bits per heavy atom. The van der Waals surface area contributed by atoms with Crippen LogP contribution in [0.25, 0.3) is 0 Å². The first-order valence-electron chi connectivity index (χ1n) is 11.1. The predicted octanol–water partition coefficient (Wildman–Crippen LogP) is 3.17. The second-order valence-electron chi connectivity index (χ2n) is 8.44. The van der Waals surface area contributed by atoms with E-state index in [-0.39, 0.29) is 11.8 Å². The van der Waals surface area contributed by atoms with E-state index in [1.54, 1.807) is 17.2 Å². The molecule has 0 bridgehead atoms. The first-order valence-corrected chi connectivity index (χ1v) is 11.5.